The van der Waals surface area contributed by atoms with Gasteiger partial charge < -0.3 is 24.8 Å². The van der Waals surface area contributed by atoms with Crippen LogP contribution in [0.15, 0.2) is 40.2 Å². The normalized spacial score (nSPS) is 26.1. The fourth-order valence-corrected chi connectivity index (χ4v) is 4.42. The third-order valence-corrected chi connectivity index (χ3v) is 6.84. The lowest BCUT2D eigenvalue weighted by Gasteiger charge is -2.41. The minimum atomic E-state index is -4.16. The average Bonchev–Trinajstić information content (AvgIpc) is 2.75. The first-order valence-corrected chi connectivity index (χ1v) is 12.1. The molecule has 0 aliphatic carbocycles. The van der Waals surface area contributed by atoms with Gasteiger partial charge in [-0.25, -0.2) is 0 Å². The van der Waals surface area contributed by atoms with Gasteiger partial charge in [0.05, 0.1) is 21.7 Å². The summed E-state index contributed by atoms with van der Waals surface area (Å²) < 4.78 is 42.4. The smallest absolute Gasteiger partial charge is 0.301 e. The fraction of sp³-hybridized carbons (Fsp3) is 0.474. The third-order valence-electron chi connectivity index (χ3n) is 4.81. The van der Waals surface area contributed by atoms with Crippen molar-refractivity contribution in [2.75, 3.05) is 13.2 Å². The van der Waals surface area contributed by atoms with Gasteiger partial charge in [-0.05, 0) is 48.6 Å². The van der Waals surface area contributed by atoms with E-state index >= 15 is 0 Å². The van der Waals surface area contributed by atoms with E-state index in [2.05, 4.69) is 4.98 Å². The molecule has 1 aliphatic rings. The predicted octanol–water partition coefficient (Wildman–Crippen LogP) is -0.0594. The van der Waals surface area contributed by atoms with E-state index in [1.807, 2.05) is 0 Å². The van der Waals surface area contributed by atoms with Crippen LogP contribution in [0, 0.1) is 10.5 Å². The van der Waals surface area contributed by atoms with Gasteiger partial charge in [-0.3, -0.25) is 13.5 Å². The van der Waals surface area contributed by atoms with Gasteiger partial charge in [-0.2, -0.15) is 13.4 Å². The Hall–Kier alpha value is -1.62. The zero-order chi connectivity index (χ0) is 23.6. The van der Waals surface area contributed by atoms with Gasteiger partial charge in [0.15, 0.2) is 6.23 Å². The van der Waals surface area contributed by atoms with Crippen LogP contribution in [0.4, 0.5) is 0 Å². The number of nitrogens with zero attached hydrogens (tertiary/aromatic N) is 2. The summed E-state index contributed by atoms with van der Waals surface area (Å²) in [4.78, 5) is 15.6. The standard InChI is InChI=1S/C19H23IN2O9S/c1-3-29-19-21-17(26)12(20)8-22(19)18-16(25)15(24)14(23)13(31-18)9-30-32(27,28)11-6-4-10(2)5-7-11/h4-8,13-16,18,23-25H,3,9H2,1-2H3/t13-,14-,15+,16-,18?/m1/s1. The van der Waals surface area contributed by atoms with Crippen LogP contribution in [0.2, 0.25) is 0 Å². The molecule has 0 spiro atoms. The molecule has 0 saturated carbocycles. The number of hydrogen-bond donors (Lipinski definition) is 3. The summed E-state index contributed by atoms with van der Waals surface area (Å²) in [6.45, 7) is 2.99. The van der Waals surface area contributed by atoms with Crippen LogP contribution in [-0.4, -0.2) is 70.9 Å². The second kappa shape index (κ2) is 10.1. The van der Waals surface area contributed by atoms with Crippen LogP contribution in [0.25, 0.3) is 0 Å². The van der Waals surface area contributed by atoms with E-state index in [1.54, 1.807) is 48.6 Å². The fourth-order valence-electron chi connectivity index (χ4n) is 3.08. The Labute approximate surface area is 197 Å². The van der Waals surface area contributed by atoms with Crippen molar-refractivity contribution in [2.45, 2.75) is 49.4 Å². The Morgan fingerprint density at radius 1 is 1.16 bits per heavy atom. The minimum absolute atomic E-state index is 0.0803. The maximum Gasteiger partial charge on any atom is 0.301 e. The highest BCUT2D eigenvalue weighted by molar-refractivity contribution is 14.1. The minimum Gasteiger partial charge on any atom is -0.465 e. The van der Waals surface area contributed by atoms with Crippen LogP contribution < -0.4 is 10.3 Å². The van der Waals surface area contributed by atoms with Gasteiger partial charge in [0, 0.05) is 6.20 Å². The summed E-state index contributed by atoms with van der Waals surface area (Å²) in [5.41, 5.74) is 0.310. The molecule has 5 atom stereocenters. The first-order chi connectivity index (χ1) is 15.0. The summed E-state index contributed by atoms with van der Waals surface area (Å²) in [5, 5.41) is 31.2. The largest absolute Gasteiger partial charge is 0.465 e. The van der Waals surface area contributed by atoms with E-state index in [-0.39, 0.29) is 21.1 Å². The van der Waals surface area contributed by atoms with Gasteiger partial charge in [-0.1, -0.05) is 17.7 Å². The van der Waals surface area contributed by atoms with Gasteiger partial charge in [0.2, 0.25) is 0 Å². The van der Waals surface area contributed by atoms with Crippen LogP contribution in [-0.2, 0) is 19.0 Å². The second-order valence-electron chi connectivity index (χ2n) is 7.11. The number of benzene rings is 1. The number of aromatic nitrogens is 2. The molecule has 11 nitrogen and oxygen atoms in total. The van der Waals surface area contributed by atoms with Crippen molar-refractivity contribution < 1.29 is 37.4 Å². The molecule has 1 saturated heterocycles. The molecule has 0 amide bonds. The van der Waals surface area contributed by atoms with E-state index < -0.39 is 52.9 Å². The van der Waals surface area contributed by atoms with Crippen LogP contribution >= 0.6 is 22.6 Å². The molecule has 1 unspecified atom stereocenters. The summed E-state index contributed by atoms with van der Waals surface area (Å²) in [7, 11) is -4.16. The topological polar surface area (TPSA) is 157 Å². The van der Waals surface area contributed by atoms with Crippen molar-refractivity contribution >= 4 is 32.7 Å². The molecule has 1 aliphatic heterocycles. The quantitative estimate of drug-likeness (QED) is 0.299. The summed E-state index contributed by atoms with van der Waals surface area (Å²) >= 11 is 1.74. The van der Waals surface area contributed by atoms with Crippen LogP contribution in [0.1, 0.15) is 18.7 Å². The van der Waals surface area contributed by atoms with Crippen LogP contribution in [0.3, 0.4) is 0 Å². The molecule has 2 heterocycles. The van der Waals surface area contributed by atoms with Crippen molar-refractivity contribution in [2.24, 2.45) is 0 Å². The Morgan fingerprint density at radius 3 is 2.44 bits per heavy atom. The predicted molar refractivity (Wildman–Crippen MR) is 119 cm³/mol. The average molecular weight is 582 g/mol. The third kappa shape index (κ3) is 5.30. The summed E-state index contributed by atoms with van der Waals surface area (Å²) in [6, 6.07) is 5.81. The highest BCUT2D eigenvalue weighted by Crippen LogP contribution is 2.31. The molecular weight excluding hydrogens is 559 g/mol. The van der Waals surface area contributed by atoms with Crippen LogP contribution in [0.5, 0.6) is 6.01 Å². The van der Waals surface area contributed by atoms with E-state index in [0.29, 0.717) is 0 Å². The molecule has 176 valence electrons. The molecule has 13 heteroatoms. The Bertz CT molecular complexity index is 1110. The number of aliphatic hydroxyl groups is 3. The van der Waals surface area contributed by atoms with Crippen molar-refractivity contribution in [1.29, 1.82) is 0 Å². The van der Waals surface area contributed by atoms with Gasteiger partial charge in [-0.15, -0.1) is 0 Å². The second-order valence-corrected chi connectivity index (χ2v) is 9.88. The number of rotatable bonds is 7. The number of halogens is 1. The number of hydrogen-bond acceptors (Lipinski definition) is 10. The monoisotopic (exact) mass is 582 g/mol. The lowest BCUT2D eigenvalue weighted by molar-refractivity contribution is -0.250. The molecule has 2 aromatic rings. The Morgan fingerprint density at radius 2 is 1.81 bits per heavy atom. The van der Waals surface area contributed by atoms with Crippen molar-refractivity contribution in [3.63, 3.8) is 0 Å². The molecule has 1 fully saturated rings. The Balaban J connectivity index is 1.85. The molecule has 0 radical (unpaired) electrons. The SMILES string of the molecule is CCOc1nc(=O)c(I)cn1C1O[C@H](COS(=O)(=O)c2ccc(C)cc2)[C@@H](O)[C@H](O)[C@H]1O. The molecule has 3 rings (SSSR count). The number of ether oxygens (including phenoxy) is 2. The number of aryl methyl sites for hydroxylation is 1. The van der Waals surface area contributed by atoms with Gasteiger partial charge in [0.25, 0.3) is 15.7 Å². The molecule has 3 N–H and O–H groups in total. The molecule has 1 aromatic carbocycles. The molecule has 0 bridgehead atoms. The van der Waals surface area contributed by atoms with Gasteiger partial charge in [0.1, 0.15) is 24.4 Å². The van der Waals surface area contributed by atoms with E-state index in [1.165, 1.54) is 22.9 Å². The lowest BCUT2D eigenvalue weighted by atomic mass is 9.98. The zero-order valence-electron chi connectivity index (χ0n) is 17.2. The first-order valence-electron chi connectivity index (χ1n) is 9.62. The maximum atomic E-state index is 12.5. The first kappa shape index (κ1) is 25.0. The van der Waals surface area contributed by atoms with Crippen molar-refractivity contribution in [1.82, 2.24) is 9.55 Å². The van der Waals surface area contributed by atoms with Gasteiger partial charge >= 0.3 is 6.01 Å². The van der Waals surface area contributed by atoms with E-state index in [9.17, 15) is 28.5 Å². The van der Waals surface area contributed by atoms with E-state index in [0.717, 1.165) is 5.56 Å². The number of aliphatic hydroxyl groups excluding tert-OH is 3. The zero-order valence-corrected chi connectivity index (χ0v) is 20.1. The Kier molecular flexibility index (Phi) is 7.90. The molecule has 32 heavy (non-hydrogen) atoms. The highest BCUT2D eigenvalue weighted by atomic mass is 127. The molecular formula is C19H23IN2O9S. The highest BCUT2D eigenvalue weighted by Gasteiger charge is 2.45. The summed E-state index contributed by atoms with van der Waals surface area (Å²) in [6.07, 6.45) is -6.32. The summed E-state index contributed by atoms with van der Waals surface area (Å²) in [5.74, 6) is 0. The van der Waals surface area contributed by atoms with E-state index in [4.69, 9.17) is 13.7 Å². The molecule has 1 aromatic heterocycles. The van der Waals surface area contributed by atoms with Crippen molar-refractivity contribution in [3.8, 4) is 6.01 Å². The van der Waals surface area contributed by atoms with Crippen molar-refractivity contribution in [3.05, 3.63) is 49.9 Å². The maximum absolute atomic E-state index is 12.5. The lowest BCUT2D eigenvalue weighted by Crippen LogP contribution is -2.57.